The van der Waals surface area contributed by atoms with E-state index >= 15 is 0 Å². The van der Waals surface area contributed by atoms with E-state index in [-0.39, 0.29) is 53.9 Å². The molecule has 0 unspecified atom stereocenters. The first-order chi connectivity index (χ1) is 29.8. The third-order valence-corrected chi connectivity index (χ3v) is 12.8. The van der Waals surface area contributed by atoms with Crippen molar-refractivity contribution in [3.8, 4) is 56.2 Å². The fourth-order valence-electron chi connectivity index (χ4n) is 8.61. The SMILES string of the molecule is CC(C)(C)c1ccc(-n2c(-c3ccccc3O)nc3c(-c4[c-]c(-c5cc(C(C)(C)C)cc6c(-c7cc(C(C)(C)C)cc(C(C)(C)C)c7)ccnc56)ccc4)cc(C(C)(C)C)cc32)cc1.[Pt]. The van der Waals surface area contributed by atoms with Crippen LogP contribution in [0.4, 0.5) is 0 Å². The zero-order valence-corrected chi connectivity index (χ0v) is 43.4. The first-order valence-electron chi connectivity index (χ1n) is 22.9. The van der Waals surface area contributed by atoms with E-state index in [2.05, 4.69) is 205 Å². The van der Waals surface area contributed by atoms with Gasteiger partial charge >= 0.3 is 0 Å². The summed E-state index contributed by atoms with van der Waals surface area (Å²) in [7, 11) is 0. The van der Waals surface area contributed by atoms with Gasteiger partial charge in [-0.25, -0.2) is 4.98 Å². The minimum atomic E-state index is -0.171. The van der Waals surface area contributed by atoms with Gasteiger partial charge < -0.3 is 5.11 Å². The third kappa shape index (κ3) is 9.39. The van der Waals surface area contributed by atoms with Gasteiger partial charge in [0.1, 0.15) is 11.6 Å². The molecule has 2 heterocycles. The fraction of sp³-hybridized carbons (Fsp3) is 0.333. The second-order valence-electron chi connectivity index (χ2n) is 23.0. The number of fused-ring (bicyclic) bond motifs is 2. The molecule has 338 valence electrons. The van der Waals surface area contributed by atoms with Crippen LogP contribution in [-0.4, -0.2) is 19.6 Å². The Morgan fingerprint density at radius 2 is 0.969 bits per heavy atom. The number of aromatic hydroxyl groups is 1. The molecule has 8 aromatic rings. The van der Waals surface area contributed by atoms with Gasteiger partial charge in [0, 0.05) is 43.9 Å². The van der Waals surface area contributed by atoms with Crippen molar-refractivity contribution < 1.29 is 26.2 Å². The van der Waals surface area contributed by atoms with E-state index in [1.54, 1.807) is 6.07 Å². The van der Waals surface area contributed by atoms with E-state index in [0.717, 1.165) is 49.9 Å². The van der Waals surface area contributed by atoms with Gasteiger partial charge in [-0.15, -0.1) is 35.4 Å². The summed E-state index contributed by atoms with van der Waals surface area (Å²) in [6, 6.07) is 45.3. The summed E-state index contributed by atoms with van der Waals surface area (Å²) in [4.78, 5) is 10.6. The Kier molecular flexibility index (Phi) is 12.3. The van der Waals surface area contributed by atoms with Crippen LogP contribution in [0, 0.1) is 6.07 Å². The normalized spacial score (nSPS) is 12.8. The van der Waals surface area contributed by atoms with E-state index in [1.165, 1.54) is 38.9 Å². The molecule has 0 saturated carbocycles. The Bertz CT molecular complexity index is 3030. The molecule has 1 N–H and O–H groups in total. The number of hydrogen-bond donors (Lipinski definition) is 1. The fourth-order valence-corrected chi connectivity index (χ4v) is 8.61. The third-order valence-electron chi connectivity index (χ3n) is 12.8. The van der Waals surface area contributed by atoms with Crippen molar-refractivity contribution >= 4 is 21.9 Å². The van der Waals surface area contributed by atoms with Gasteiger partial charge in [-0.3, -0.25) is 9.55 Å². The van der Waals surface area contributed by atoms with Crippen LogP contribution in [0.3, 0.4) is 0 Å². The largest absolute Gasteiger partial charge is 0.507 e. The Balaban J connectivity index is 0.00000630. The van der Waals surface area contributed by atoms with Crippen molar-refractivity contribution in [2.45, 2.75) is 131 Å². The molecule has 0 bridgehead atoms. The molecule has 4 nitrogen and oxygen atoms in total. The standard InChI is InChI=1S/C60H66N3O.Pt/c1-56(2,3)40-23-25-45(26-24-40)63-51-36-44(60(13,14)15)34-49(54(51)62-55(63)47-21-16-17-22-52(47)64)38-20-18-19-37(29-38)48-33-43(59(10,11)12)35-50-46(27-28-61-53(48)50)39-30-41(57(4,5)6)32-42(31-39)58(7,8)9;/h16-28,30-36,64H,1-15H3;/q-1;. The summed E-state index contributed by atoms with van der Waals surface area (Å²) in [6.45, 7) is 34.1. The number of nitrogens with zero attached hydrogens (tertiary/aromatic N) is 3. The Morgan fingerprint density at radius 1 is 0.462 bits per heavy atom. The number of phenols is 1. The van der Waals surface area contributed by atoms with Crippen LogP contribution in [0.2, 0.25) is 0 Å². The molecular formula is C60H66N3OPt-. The Morgan fingerprint density at radius 3 is 1.51 bits per heavy atom. The van der Waals surface area contributed by atoms with Crippen LogP contribution in [0.15, 0.2) is 121 Å². The molecule has 0 radical (unpaired) electrons. The average molecular weight is 1040 g/mol. The first kappa shape index (κ1) is 47.6. The van der Waals surface area contributed by atoms with E-state index in [1.807, 2.05) is 24.4 Å². The quantitative estimate of drug-likeness (QED) is 0.175. The van der Waals surface area contributed by atoms with Gasteiger partial charge in [-0.2, -0.15) is 0 Å². The molecule has 0 fully saturated rings. The maximum absolute atomic E-state index is 11.3. The van der Waals surface area contributed by atoms with Crippen LogP contribution in [-0.2, 0) is 48.1 Å². The molecule has 0 spiro atoms. The van der Waals surface area contributed by atoms with Crippen molar-refractivity contribution in [1.29, 1.82) is 0 Å². The number of hydrogen-bond acceptors (Lipinski definition) is 3. The van der Waals surface area contributed by atoms with Gasteiger partial charge in [0.05, 0.1) is 16.6 Å². The topological polar surface area (TPSA) is 50.9 Å². The Hall–Kier alpha value is -5.31. The van der Waals surface area contributed by atoms with Crippen molar-refractivity contribution in [3.05, 3.63) is 155 Å². The number of rotatable bonds is 5. The molecular weight excluding hydrogens is 974 g/mol. The van der Waals surface area contributed by atoms with Crippen LogP contribution in [0.25, 0.3) is 72.4 Å². The summed E-state index contributed by atoms with van der Waals surface area (Å²) in [6.07, 6.45) is 1.97. The van der Waals surface area contributed by atoms with Crippen molar-refractivity contribution in [2.24, 2.45) is 0 Å². The van der Waals surface area contributed by atoms with Gasteiger partial charge in [0.25, 0.3) is 0 Å². The van der Waals surface area contributed by atoms with E-state index < -0.39 is 0 Å². The first-order valence-corrected chi connectivity index (χ1v) is 22.9. The molecule has 8 rings (SSSR count). The second kappa shape index (κ2) is 16.8. The van der Waals surface area contributed by atoms with Gasteiger partial charge in [-0.05, 0) is 108 Å². The summed E-state index contributed by atoms with van der Waals surface area (Å²) in [5, 5.41) is 12.5. The number of pyridine rings is 1. The predicted molar refractivity (Wildman–Crippen MR) is 272 cm³/mol. The summed E-state index contributed by atoms with van der Waals surface area (Å²) < 4.78 is 2.21. The van der Waals surface area contributed by atoms with Crippen molar-refractivity contribution in [2.75, 3.05) is 0 Å². The summed E-state index contributed by atoms with van der Waals surface area (Å²) in [5.74, 6) is 0.875. The maximum Gasteiger partial charge on any atom is 0.148 e. The molecule has 65 heavy (non-hydrogen) atoms. The minimum Gasteiger partial charge on any atom is -0.507 e. The predicted octanol–water partition coefficient (Wildman–Crippen LogP) is 16.2. The van der Waals surface area contributed by atoms with E-state index in [4.69, 9.17) is 9.97 Å². The van der Waals surface area contributed by atoms with E-state index in [9.17, 15) is 5.11 Å². The molecule has 0 amide bonds. The molecule has 2 aromatic heterocycles. The van der Waals surface area contributed by atoms with Crippen molar-refractivity contribution in [1.82, 2.24) is 14.5 Å². The summed E-state index contributed by atoms with van der Waals surface area (Å²) in [5.41, 5.74) is 16.8. The maximum atomic E-state index is 11.3. The molecule has 5 heteroatoms. The van der Waals surface area contributed by atoms with Crippen molar-refractivity contribution in [3.63, 3.8) is 0 Å². The molecule has 0 atom stereocenters. The molecule has 0 aliphatic carbocycles. The molecule has 0 saturated heterocycles. The van der Waals surface area contributed by atoms with Crippen LogP contribution >= 0.6 is 0 Å². The number of para-hydroxylation sites is 1. The van der Waals surface area contributed by atoms with Gasteiger partial charge in [-0.1, -0.05) is 170 Å². The minimum absolute atomic E-state index is 0. The number of phenolic OH excluding ortho intramolecular Hbond substituents is 1. The van der Waals surface area contributed by atoms with Crippen LogP contribution < -0.4 is 0 Å². The number of aromatic nitrogens is 3. The number of benzene rings is 6. The molecule has 6 aromatic carbocycles. The summed E-state index contributed by atoms with van der Waals surface area (Å²) >= 11 is 0. The molecule has 0 aliphatic heterocycles. The van der Waals surface area contributed by atoms with Gasteiger partial charge in [0.15, 0.2) is 0 Å². The number of imidazole rings is 1. The second-order valence-corrected chi connectivity index (χ2v) is 23.0. The van der Waals surface area contributed by atoms with Gasteiger partial charge in [0.2, 0.25) is 0 Å². The monoisotopic (exact) mass is 1040 g/mol. The van der Waals surface area contributed by atoms with E-state index in [0.29, 0.717) is 11.4 Å². The van der Waals surface area contributed by atoms with Crippen LogP contribution in [0.1, 0.15) is 132 Å². The molecule has 0 aliphatic rings. The van der Waals surface area contributed by atoms with Crippen LogP contribution in [0.5, 0.6) is 5.75 Å². The smallest absolute Gasteiger partial charge is 0.148 e. The zero-order valence-electron chi connectivity index (χ0n) is 41.2. The Labute approximate surface area is 402 Å². The average Bonchev–Trinajstić information content (AvgIpc) is 3.60. The zero-order chi connectivity index (χ0) is 46.3.